The number of halogens is 1. The lowest BCUT2D eigenvalue weighted by Crippen LogP contribution is -2.48. The number of hydrogen-bond acceptors (Lipinski definition) is 5. The quantitative estimate of drug-likeness (QED) is 0.528. The lowest BCUT2D eigenvalue weighted by molar-refractivity contribution is 0.532. The Labute approximate surface area is 210 Å². The van der Waals surface area contributed by atoms with Crippen LogP contribution in [-0.2, 0) is 18.4 Å². The minimum atomic E-state index is -1.23. The van der Waals surface area contributed by atoms with Crippen LogP contribution in [0.3, 0.4) is 0 Å². The number of hydrogen-bond donors (Lipinski definition) is 1. The van der Waals surface area contributed by atoms with Crippen molar-refractivity contribution < 1.29 is 8.94 Å². The van der Waals surface area contributed by atoms with E-state index in [9.17, 15) is 13.7 Å². The molecule has 0 bridgehead atoms. The lowest BCUT2D eigenvalue weighted by Gasteiger charge is -2.38. The number of nitrogens with one attached hydrogen (secondary N) is 1. The van der Waals surface area contributed by atoms with E-state index in [-0.39, 0.29) is 22.2 Å². The van der Waals surface area contributed by atoms with Gasteiger partial charge in [-0.15, -0.1) is 4.72 Å². The fourth-order valence-electron chi connectivity index (χ4n) is 4.58. The van der Waals surface area contributed by atoms with Gasteiger partial charge in [-0.3, -0.25) is 9.36 Å². The molecular formula is C27H35FN4O2S. The summed E-state index contributed by atoms with van der Waals surface area (Å²) in [5, 5.41) is 1.56. The SMILES string of the molecule is Cc1cc([C@@H](C)N[S@+]([O-])C(C)(C)C)c2cc(N3CCN(c4ccc(F)cc4)CC3)n(C)c(=O)c2c1. The molecule has 1 fully saturated rings. The Hall–Kier alpha value is -2.55. The van der Waals surface area contributed by atoms with Gasteiger partial charge in [-0.25, -0.2) is 4.39 Å². The summed E-state index contributed by atoms with van der Waals surface area (Å²) in [6.45, 7) is 12.9. The summed E-state index contributed by atoms with van der Waals surface area (Å²) in [6.07, 6.45) is 0. The molecular weight excluding hydrogens is 463 g/mol. The Morgan fingerprint density at radius 3 is 2.20 bits per heavy atom. The van der Waals surface area contributed by atoms with E-state index in [0.717, 1.165) is 54.2 Å². The zero-order valence-electron chi connectivity index (χ0n) is 21.4. The van der Waals surface area contributed by atoms with Crippen LogP contribution in [0.1, 0.15) is 44.9 Å². The molecule has 3 aromatic rings. The van der Waals surface area contributed by atoms with E-state index in [1.807, 2.05) is 47.7 Å². The highest BCUT2D eigenvalue weighted by molar-refractivity contribution is 7.90. The van der Waals surface area contributed by atoms with E-state index in [4.69, 9.17) is 0 Å². The van der Waals surface area contributed by atoms with Crippen LogP contribution in [0.2, 0.25) is 0 Å². The summed E-state index contributed by atoms with van der Waals surface area (Å²) >= 11 is -1.23. The molecule has 0 radical (unpaired) electrons. The van der Waals surface area contributed by atoms with Gasteiger partial charge < -0.3 is 14.4 Å². The molecule has 0 aliphatic carbocycles. The van der Waals surface area contributed by atoms with Crippen LogP contribution in [0.25, 0.3) is 10.8 Å². The van der Waals surface area contributed by atoms with Crippen LogP contribution in [0.15, 0.2) is 47.3 Å². The largest absolute Gasteiger partial charge is 0.598 e. The Bertz CT molecular complexity index is 1260. The fraction of sp³-hybridized carbons (Fsp3) is 0.444. The third kappa shape index (κ3) is 5.34. The van der Waals surface area contributed by atoms with Crippen molar-refractivity contribution >= 4 is 33.6 Å². The van der Waals surface area contributed by atoms with Gasteiger partial charge in [-0.1, -0.05) is 6.07 Å². The Balaban J connectivity index is 1.66. The van der Waals surface area contributed by atoms with Crippen molar-refractivity contribution in [2.24, 2.45) is 7.05 Å². The highest BCUT2D eigenvalue weighted by Crippen LogP contribution is 2.30. The summed E-state index contributed by atoms with van der Waals surface area (Å²) in [5.74, 6) is 0.634. The molecule has 1 aliphatic rings. The van der Waals surface area contributed by atoms with Crippen LogP contribution >= 0.6 is 0 Å². The Morgan fingerprint density at radius 1 is 1.00 bits per heavy atom. The van der Waals surface area contributed by atoms with Gasteiger partial charge in [-0.05, 0) is 87.5 Å². The van der Waals surface area contributed by atoms with Gasteiger partial charge in [0.25, 0.3) is 5.56 Å². The van der Waals surface area contributed by atoms with E-state index < -0.39 is 11.4 Å². The van der Waals surface area contributed by atoms with Crippen molar-refractivity contribution in [2.75, 3.05) is 36.0 Å². The Morgan fingerprint density at radius 2 is 1.60 bits per heavy atom. The van der Waals surface area contributed by atoms with Crippen molar-refractivity contribution in [3.05, 3.63) is 69.8 Å². The first-order valence-electron chi connectivity index (χ1n) is 12.0. The topological polar surface area (TPSA) is 63.6 Å². The van der Waals surface area contributed by atoms with E-state index in [2.05, 4.69) is 26.7 Å². The molecule has 8 heteroatoms. The number of aromatic nitrogens is 1. The van der Waals surface area contributed by atoms with Crippen molar-refractivity contribution in [3.63, 3.8) is 0 Å². The maximum absolute atomic E-state index is 13.4. The third-order valence-electron chi connectivity index (χ3n) is 6.61. The molecule has 2 heterocycles. The second kappa shape index (κ2) is 9.84. The summed E-state index contributed by atoms with van der Waals surface area (Å²) in [6, 6.07) is 12.5. The van der Waals surface area contributed by atoms with E-state index in [1.165, 1.54) is 12.1 Å². The van der Waals surface area contributed by atoms with Crippen LogP contribution in [0.4, 0.5) is 15.9 Å². The molecule has 2 atom stereocenters. The predicted molar refractivity (Wildman–Crippen MR) is 144 cm³/mol. The minimum Gasteiger partial charge on any atom is -0.598 e. The molecule has 6 nitrogen and oxygen atoms in total. The average Bonchev–Trinajstić information content (AvgIpc) is 2.81. The Kier molecular flexibility index (Phi) is 7.18. The summed E-state index contributed by atoms with van der Waals surface area (Å²) in [7, 11) is 1.82. The van der Waals surface area contributed by atoms with Gasteiger partial charge in [0.1, 0.15) is 16.4 Å². The van der Waals surface area contributed by atoms with Crippen molar-refractivity contribution in [2.45, 2.75) is 45.4 Å². The van der Waals surface area contributed by atoms with Crippen LogP contribution < -0.4 is 20.1 Å². The van der Waals surface area contributed by atoms with Gasteiger partial charge in [0.05, 0.1) is 6.04 Å². The van der Waals surface area contributed by atoms with Crippen molar-refractivity contribution in [3.8, 4) is 0 Å². The number of benzene rings is 2. The fourth-order valence-corrected chi connectivity index (χ4v) is 5.38. The van der Waals surface area contributed by atoms with Crippen molar-refractivity contribution in [1.29, 1.82) is 0 Å². The number of rotatable bonds is 5. The molecule has 35 heavy (non-hydrogen) atoms. The van der Waals surface area contributed by atoms with Gasteiger partial charge in [0.15, 0.2) is 0 Å². The zero-order chi connectivity index (χ0) is 25.5. The van der Waals surface area contributed by atoms with Gasteiger partial charge in [-0.2, -0.15) is 0 Å². The number of pyridine rings is 1. The molecule has 4 rings (SSSR count). The minimum absolute atomic E-state index is 0.0347. The first-order chi connectivity index (χ1) is 16.5. The lowest BCUT2D eigenvalue weighted by atomic mass is 9.98. The van der Waals surface area contributed by atoms with Gasteiger partial charge in [0, 0.05) is 55.7 Å². The molecule has 0 saturated carbocycles. The normalized spacial score (nSPS) is 16.6. The van der Waals surface area contributed by atoms with Gasteiger partial charge >= 0.3 is 0 Å². The number of fused-ring (bicyclic) bond motifs is 1. The number of nitrogens with zero attached hydrogens (tertiary/aromatic N) is 3. The van der Waals surface area contributed by atoms with Crippen LogP contribution in [0.5, 0.6) is 0 Å². The predicted octanol–water partition coefficient (Wildman–Crippen LogP) is 4.43. The second-order valence-corrected chi connectivity index (χ2v) is 12.4. The molecule has 2 aromatic carbocycles. The molecule has 0 unspecified atom stereocenters. The highest BCUT2D eigenvalue weighted by Gasteiger charge is 2.29. The molecule has 1 aliphatic heterocycles. The van der Waals surface area contributed by atoms with Crippen LogP contribution in [0, 0.1) is 12.7 Å². The maximum Gasteiger partial charge on any atom is 0.259 e. The first kappa shape index (κ1) is 25.5. The van der Waals surface area contributed by atoms with Crippen molar-refractivity contribution in [1.82, 2.24) is 9.29 Å². The molecule has 188 valence electrons. The van der Waals surface area contributed by atoms with Crippen LogP contribution in [-0.4, -0.2) is 40.0 Å². The number of piperazine rings is 1. The average molecular weight is 499 g/mol. The second-order valence-electron chi connectivity index (χ2n) is 10.4. The van der Waals surface area contributed by atoms with Gasteiger partial charge in [0.2, 0.25) is 0 Å². The number of anilines is 2. The molecule has 1 aromatic heterocycles. The monoisotopic (exact) mass is 498 g/mol. The first-order valence-corrected chi connectivity index (χ1v) is 13.2. The smallest absolute Gasteiger partial charge is 0.259 e. The third-order valence-corrected chi connectivity index (χ3v) is 8.29. The molecule has 1 saturated heterocycles. The summed E-state index contributed by atoms with van der Waals surface area (Å²) in [5.41, 5.74) is 2.94. The van der Waals surface area contributed by atoms with E-state index in [1.54, 1.807) is 16.7 Å². The maximum atomic E-state index is 13.4. The summed E-state index contributed by atoms with van der Waals surface area (Å²) in [4.78, 5) is 17.9. The number of aryl methyl sites for hydroxylation is 1. The zero-order valence-corrected chi connectivity index (χ0v) is 22.2. The molecule has 0 amide bonds. The molecule has 1 N–H and O–H groups in total. The van der Waals surface area contributed by atoms with E-state index in [0.29, 0.717) is 5.39 Å². The standard InChI is InChI=1S/C27H35FN4O2S/c1-18-15-22(19(2)29-35(34)27(3,4)5)23-17-25(30(6)26(33)24(23)16-18)32-13-11-31(12-14-32)21-9-7-20(28)8-10-21/h7-10,15-17,19,29H,11-14H2,1-6H3/t19-,35-/m1/s1. The van der Waals surface area contributed by atoms with E-state index >= 15 is 0 Å². The highest BCUT2D eigenvalue weighted by atomic mass is 32.2. The molecule has 0 spiro atoms. The summed E-state index contributed by atoms with van der Waals surface area (Å²) < 4.78 is 30.7.